The highest BCUT2D eigenvalue weighted by atomic mass is 16.2. The molecule has 0 aliphatic heterocycles. The van der Waals surface area contributed by atoms with Gasteiger partial charge in [0, 0.05) is 19.0 Å². The Hall–Kier alpha value is -1.39. The van der Waals surface area contributed by atoms with Gasteiger partial charge in [-0.05, 0) is 12.6 Å². The van der Waals surface area contributed by atoms with Crippen LogP contribution in [0.3, 0.4) is 0 Å². The molecular weight excluding hydrogens is 202 g/mol. The molecule has 88 valence electrons. The highest BCUT2D eigenvalue weighted by Gasteiger charge is 2.13. The van der Waals surface area contributed by atoms with Crippen LogP contribution >= 0.6 is 0 Å². The minimum atomic E-state index is -0.125. The first-order chi connectivity index (χ1) is 7.63. The number of hydrogen-bond acceptors (Lipinski definition) is 3. The fourth-order valence-electron chi connectivity index (χ4n) is 1.65. The number of nitrogens with zero attached hydrogens (tertiary/aromatic N) is 1. The second-order valence-corrected chi connectivity index (χ2v) is 4.09. The summed E-state index contributed by atoms with van der Waals surface area (Å²) >= 11 is 0. The molecule has 1 unspecified atom stereocenters. The number of carbonyl (C=O) groups is 1. The van der Waals surface area contributed by atoms with Crippen LogP contribution in [0.15, 0.2) is 30.3 Å². The van der Waals surface area contributed by atoms with E-state index in [2.05, 4.69) is 22.5 Å². The Morgan fingerprint density at radius 3 is 2.62 bits per heavy atom. The molecule has 0 spiro atoms. The minimum absolute atomic E-state index is 0.0984. The van der Waals surface area contributed by atoms with E-state index in [-0.39, 0.29) is 11.8 Å². The zero-order chi connectivity index (χ0) is 12.0. The van der Waals surface area contributed by atoms with Gasteiger partial charge >= 0.3 is 0 Å². The quantitative estimate of drug-likeness (QED) is 0.438. The lowest BCUT2D eigenvalue weighted by atomic mass is 10.1. The lowest BCUT2D eigenvalue weighted by Gasteiger charge is -2.20. The predicted octanol–water partition coefficient (Wildman–Crippen LogP) is 0.744. The van der Waals surface area contributed by atoms with E-state index in [1.807, 2.05) is 32.2 Å². The van der Waals surface area contributed by atoms with Gasteiger partial charge in [-0.15, -0.1) is 0 Å². The van der Waals surface area contributed by atoms with Crippen molar-refractivity contribution < 1.29 is 4.79 Å². The summed E-state index contributed by atoms with van der Waals surface area (Å²) in [7, 11) is 1.99. The van der Waals surface area contributed by atoms with Crippen LogP contribution in [0.1, 0.15) is 12.5 Å². The van der Waals surface area contributed by atoms with Crippen molar-refractivity contribution in [2.45, 2.75) is 13.5 Å². The van der Waals surface area contributed by atoms with Crippen molar-refractivity contribution in [3.8, 4) is 0 Å². The van der Waals surface area contributed by atoms with E-state index < -0.39 is 0 Å². The molecular formula is C12H19N3O. The second kappa shape index (κ2) is 6.25. The molecule has 1 aromatic carbocycles. The van der Waals surface area contributed by atoms with Crippen molar-refractivity contribution in [3.05, 3.63) is 35.9 Å². The largest absolute Gasteiger partial charge is 0.301 e. The Bertz CT molecular complexity index is 326. The van der Waals surface area contributed by atoms with E-state index in [4.69, 9.17) is 5.84 Å². The second-order valence-electron chi connectivity index (χ2n) is 4.09. The molecule has 16 heavy (non-hydrogen) atoms. The van der Waals surface area contributed by atoms with Crippen LogP contribution in [0.5, 0.6) is 0 Å². The Morgan fingerprint density at radius 2 is 2.06 bits per heavy atom. The van der Waals surface area contributed by atoms with E-state index in [0.717, 1.165) is 6.54 Å². The van der Waals surface area contributed by atoms with Crippen molar-refractivity contribution in [1.29, 1.82) is 0 Å². The van der Waals surface area contributed by atoms with Gasteiger partial charge in [-0.3, -0.25) is 10.2 Å². The SMILES string of the molecule is CC(CN(C)Cc1ccccc1)C(=O)NN. The summed E-state index contributed by atoms with van der Waals surface area (Å²) in [6, 6.07) is 10.2. The molecule has 1 atom stereocenters. The number of carbonyl (C=O) groups excluding carboxylic acids is 1. The van der Waals surface area contributed by atoms with Gasteiger partial charge in [0.1, 0.15) is 0 Å². The number of nitrogens with two attached hydrogens (primary N) is 1. The Balaban J connectivity index is 2.42. The maximum absolute atomic E-state index is 11.2. The van der Waals surface area contributed by atoms with Gasteiger partial charge in [0.25, 0.3) is 0 Å². The maximum atomic E-state index is 11.2. The molecule has 4 heteroatoms. The number of amides is 1. The zero-order valence-electron chi connectivity index (χ0n) is 9.81. The normalized spacial score (nSPS) is 12.5. The molecule has 0 fully saturated rings. The van der Waals surface area contributed by atoms with Crippen molar-refractivity contribution in [1.82, 2.24) is 10.3 Å². The summed E-state index contributed by atoms with van der Waals surface area (Å²) in [5, 5.41) is 0. The molecule has 0 saturated carbocycles. The fourth-order valence-corrected chi connectivity index (χ4v) is 1.65. The molecule has 1 aromatic rings. The van der Waals surface area contributed by atoms with Crippen LogP contribution in [0.2, 0.25) is 0 Å². The van der Waals surface area contributed by atoms with E-state index in [1.54, 1.807) is 0 Å². The number of rotatable bonds is 5. The Morgan fingerprint density at radius 1 is 1.44 bits per heavy atom. The van der Waals surface area contributed by atoms with E-state index in [1.165, 1.54) is 5.56 Å². The van der Waals surface area contributed by atoms with Crippen molar-refractivity contribution in [2.24, 2.45) is 11.8 Å². The van der Waals surface area contributed by atoms with Gasteiger partial charge in [0.05, 0.1) is 0 Å². The van der Waals surface area contributed by atoms with Gasteiger partial charge in [0.2, 0.25) is 5.91 Å². The first kappa shape index (κ1) is 12.7. The van der Waals surface area contributed by atoms with E-state index >= 15 is 0 Å². The van der Waals surface area contributed by atoms with Crippen LogP contribution in [0.4, 0.5) is 0 Å². The Labute approximate surface area is 96.4 Å². The molecule has 0 bridgehead atoms. The molecule has 1 amide bonds. The number of benzene rings is 1. The smallest absolute Gasteiger partial charge is 0.237 e. The molecule has 4 nitrogen and oxygen atoms in total. The molecule has 0 radical (unpaired) electrons. The summed E-state index contributed by atoms with van der Waals surface area (Å²) in [5.41, 5.74) is 3.41. The lowest BCUT2D eigenvalue weighted by molar-refractivity contribution is -0.125. The Kier molecular flexibility index (Phi) is 4.95. The number of nitrogens with one attached hydrogen (secondary N) is 1. The summed E-state index contributed by atoms with van der Waals surface area (Å²) in [6.45, 7) is 3.39. The zero-order valence-corrected chi connectivity index (χ0v) is 9.81. The van der Waals surface area contributed by atoms with Crippen LogP contribution in [0, 0.1) is 5.92 Å². The average Bonchev–Trinajstić information content (AvgIpc) is 2.29. The summed E-state index contributed by atoms with van der Waals surface area (Å²) in [4.78, 5) is 13.3. The monoisotopic (exact) mass is 221 g/mol. The lowest BCUT2D eigenvalue weighted by Crippen LogP contribution is -2.39. The van der Waals surface area contributed by atoms with Gasteiger partial charge in [0.15, 0.2) is 0 Å². The predicted molar refractivity (Wildman–Crippen MR) is 64.3 cm³/mol. The van der Waals surface area contributed by atoms with Crippen molar-refractivity contribution in [2.75, 3.05) is 13.6 Å². The molecule has 0 aromatic heterocycles. The number of hydrazine groups is 1. The first-order valence-electron chi connectivity index (χ1n) is 5.36. The molecule has 0 aliphatic rings. The summed E-state index contributed by atoms with van der Waals surface area (Å²) in [5.74, 6) is 4.86. The third-order valence-corrected chi connectivity index (χ3v) is 2.47. The van der Waals surface area contributed by atoms with E-state index in [0.29, 0.717) is 6.54 Å². The topological polar surface area (TPSA) is 58.4 Å². The molecule has 1 rings (SSSR count). The third kappa shape index (κ3) is 4.00. The molecule has 0 saturated heterocycles. The van der Waals surface area contributed by atoms with Crippen LogP contribution in [0.25, 0.3) is 0 Å². The number of hydrogen-bond donors (Lipinski definition) is 2. The van der Waals surface area contributed by atoms with Gasteiger partial charge < -0.3 is 4.90 Å². The summed E-state index contributed by atoms with van der Waals surface area (Å²) in [6.07, 6.45) is 0. The minimum Gasteiger partial charge on any atom is -0.301 e. The molecule has 3 N–H and O–H groups in total. The van der Waals surface area contributed by atoms with Crippen molar-refractivity contribution >= 4 is 5.91 Å². The summed E-state index contributed by atoms with van der Waals surface area (Å²) < 4.78 is 0. The van der Waals surface area contributed by atoms with Crippen LogP contribution in [-0.2, 0) is 11.3 Å². The molecule has 0 aliphatic carbocycles. The van der Waals surface area contributed by atoms with Crippen LogP contribution < -0.4 is 11.3 Å². The highest BCUT2D eigenvalue weighted by Crippen LogP contribution is 2.05. The third-order valence-electron chi connectivity index (χ3n) is 2.47. The fraction of sp³-hybridized carbons (Fsp3) is 0.417. The van der Waals surface area contributed by atoms with E-state index in [9.17, 15) is 4.79 Å². The highest BCUT2D eigenvalue weighted by molar-refractivity contribution is 5.77. The molecule has 0 heterocycles. The standard InChI is InChI=1S/C12H19N3O/c1-10(12(16)14-13)8-15(2)9-11-6-4-3-5-7-11/h3-7,10H,8-9,13H2,1-2H3,(H,14,16). The average molecular weight is 221 g/mol. The van der Waals surface area contributed by atoms with Crippen LogP contribution in [-0.4, -0.2) is 24.4 Å². The van der Waals surface area contributed by atoms with Gasteiger partial charge in [-0.1, -0.05) is 37.3 Å². The maximum Gasteiger partial charge on any atom is 0.237 e. The van der Waals surface area contributed by atoms with Gasteiger partial charge in [-0.2, -0.15) is 0 Å². The van der Waals surface area contributed by atoms with Crippen molar-refractivity contribution in [3.63, 3.8) is 0 Å². The van der Waals surface area contributed by atoms with Gasteiger partial charge in [-0.25, -0.2) is 5.84 Å². The first-order valence-corrected chi connectivity index (χ1v) is 5.36.